The Labute approximate surface area is 52.5 Å². The van der Waals surface area contributed by atoms with Gasteiger partial charge in [-0.2, -0.15) is 0 Å². The van der Waals surface area contributed by atoms with Gasteiger partial charge in [0.2, 0.25) is 0 Å². The number of hydrogen-bond acceptors (Lipinski definition) is 1. The summed E-state index contributed by atoms with van der Waals surface area (Å²) in [6.07, 6.45) is 5.68. The van der Waals surface area contributed by atoms with E-state index in [2.05, 4.69) is 16.3 Å². The van der Waals surface area contributed by atoms with Crippen molar-refractivity contribution in [3.05, 3.63) is 0 Å². The molecule has 0 atom stereocenters. The average Bonchev–Trinajstić information content (AvgIpc) is 2.14. The smallest absolute Gasteiger partial charge is 0.0990 e. The summed E-state index contributed by atoms with van der Waals surface area (Å²) in [6, 6.07) is 0. The van der Waals surface area contributed by atoms with Crippen LogP contribution < -0.4 is 0 Å². The molecule has 0 heterocycles. The van der Waals surface area contributed by atoms with Gasteiger partial charge in [0.05, 0.1) is 22.4 Å². The maximum absolute atomic E-state index is 4.92. The number of hydrogen-bond donors (Lipinski definition) is 0. The molecule has 1 saturated carbocycles. The molecule has 42 valence electrons. The van der Waals surface area contributed by atoms with Crippen LogP contribution >= 0.6 is 16.3 Å². The predicted molar refractivity (Wildman–Crippen MR) is 32.3 cm³/mol. The minimum Gasteiger partial charge on any atom is -0.305 e. The fourth-order valence-electron chi connectivity index (χ4n) is 0.977. The Bertz CT molecular complexity index is 50.0. The molecule has 1 aliphatic carbocycles. The summed E-state index contributed by atoms with van der Waals surface area (Å²) in [5, 5.41) is 0. The Morgan fingerprint density at radius 3 is 2.14 bits per heavy atom. The third kappa shape index (κ3) is 1.42. The van der Waals surface area contributed by atoms with Crippen LogP contribution in [0.3, 0.4) is 0 Å². The van der Waals surface area contributed by atoms with E-state index in [1.54, 1.807) is 0 Å². The van der Waals surface area contributed by atoms with E-state index in [4.69, 9.17) is 3.83 Å². The summed E-state index contributed by atoms with van der Waals surface area (Å²) in [6.45, 7) is 0. The lowest BCUT2D eigenvalue weighted by atomic mass is 10.3. The molecule has 1 nitrogen and oxygen atoms in total. The predicted octanol–water partition coefficient (Wildman–Crippen LogP) is 2.26. The highest BCUT2D eigenvalue weighted by Gasteiger charge is 2.13. The van der Waals surface area contributed by atoms with Gasteiger partial charge in [-0.15, -0.1) is 0 Å². The van der Waals surface area contributed by atoms with E-state index in [-0.39, 0.29) is 0 Å². The van der Waals surface area contributed by atoms with Gasteiger partial charge in [0.15, 0.2) is 0 Å². The molecule has 2 heteroatoms. The van der Waals surface area contributed by atoms with Crippen molar-refractivity contribution in [1.82, 2.24) is 0 Å². The quantitative estimate of drug-likeness (QED) is 0.578. The second kappa shape index (κ2) is 2.68. The van der Waals surface area contributed by atoms with Crippen LogP contribution in [0.15, 0.2) is 0 Å². The molecule has 1 rings (SSSR count). The molecule has 0 aromatic heterocycles. The zero-order valence-electron chi connectivity index (χ0n) is 4.19. The summed E-state index contributed by atoms with van der Waals surface area (Å²) < 4.78 is 4.92. The van der Waals surface area contributed by atoms with Gasteiger partial charge in [0, 0.05) is 0 Å². The van der Waals surface area contributed by atoms with Crippen molar-refractivity contribution in [3.8, 4) is 0 Å². The SMILES string of the molecule is BrOC1CCCC1. The molecule has 0 unspecified atom stereocenters. The summed E-state index contributed by atoms with van der Waals surface area (Å²) in [4.78, 5) is 0. The van der Waals surface area contributed by atoms with Crippen molar-refractivity contribution in [3.63, 3.8) is 0 Å². The molecule has 1 aliphatic rings. The number of halogens is 1. The maximum Gasteiger partial charge on any atom is 0.0990 e. The van der Waals surface area contributed by atoms with Crippen LogP contribution in [-0.2, 0) is 3.83 Å². The Balaban J connectivity index is 2.14. The molecule has 1 fully saturated rings. The first-order valence-electron chi connectivity index (χ1n) is 2.71. The van der Waals surface area contributed by atoms with Crippen molar-refractivity contribution >= 4 is 16.3 Å². The van der Waals surface area contributed by atoms with Crippen LogP contribution in [0.4, 0.5) is 0 Å². The molecular weight excluding hydrogens is 156 g/mol. The summed E-state index contributed by atoms with van der Waals surface area (Å²) in [5.41, 5.74) is 0. The highest BCUT2D eigenvalue weighted by molar-refractivity contribution is 9.06. The van der Waals surface area contributed by atoms with Gasteiger partial charge in [-0.05, 0) is 12.8 Å². The van der Waals surface area contributed by atoms with Crippen molar-refractivity contribution in [2.24, 2.45) is 0 Å². The van der Waals surface area contributed by atoms with E-state index in [0.717, 1.165) is 0 Å². The van der Waals surface area contributed by atoms with E-state index in [9.17, 15) is 0 Å². The summed E-state index contributed by atoms with van der Waals surface area (Å²) in [5.74, 6) is 0. The fourth-order valence-corrected chi connectivity index (χ4v) is 1.35. The number of rotatable bonds is 1. The zero-order valence-corrected chi connectivity index (χ0v) is 5.78. The highest BCUT2D eigenvalue weighted by atomic mass is 79.9. The van der Waals surface area contributed by atoms with E-state index >= 15 is 0 Å². The van der Waals surface area contributed by atoms with Gasteiger partial charge < -0.3 is 3.83 Å². The third-order valence-electron chi connectivity index (χ3n) is 1.43. The van der Waals surface area contributed by atoms with Crippen LogP contribution in [-0.4, -0.2) is 6.10 Å². The molecule has 0 bridgehead atoms. The van der Waals surface area contributed by atoms with Crippen LogP contribution in [0.25, 0.3) is 0 Å². The Kier molecular flexibility index (Phi) is 2.13. The van der Waals surface area contributed by atoms with Gasteiger partial charge in [-0.3, -0.25) is 0 Å². The normalized spacial score (nSPS) is 23.6. The Hall–Kier alpha value is 0.440. The van der Waals surface area contributed by atoms with Crippen molar-refractivity contribution in [1.29, 1.82) is 0 Å². The lowest BCUT2D eigenvalue weighted by molar-refractivity contribution is 0.269. The molecule has 0 spiro atoms. The minimum absolute atomic E-state index is 0.514. The first kappa shape index (κ1) is 5.57. The standard InChI is InChI=1S/C5H9BrO/c6-7-5-3-1-2-4-5/h5H,1-4H2. The molecule has 0 aromatic carbocycles. The molecule has 0 N–H and O–H groups in total. The summed E-state index contributed by atoms with van der Waals surface area (Å²) in [7, 11) is 0. The lowest BCUT2D eigenvalue weighted by Crippen LogP contribution is -1.97. The monoisotopic (exact) mass is 164 g/mol. The van der Waals surface area contributed by atoms with E-state index in [1.165, 1.54) is 25.7 Å². The van der Waals surface area contributed by atoms with Crippen LogP contribution in [0.1, 0.15) is 25.7 Å². The van der Waals surface area contributed by atoms with E-state index in [1.807, 2.05) is 0 Å². The molecule has 0 aromatic rings. The van der Waals surface area contributed by atoms with Gasteiger partial charge in [0.1, 0.15) is 0 Å². The second-order valence-electron chi connectivity index (χ2n) is 2.00. The first-order valence-corrected chi connectivity index (χ1v) is 3.35. The van der Waals surface area contributed by atoms with E-state index in [0.29, 0.717) is 6.10 Å². The lowest BCUT2D eigenvalue weighted by Gasteiger charge is -1.99. The Morgan fingerprint density at radius 2 is 1.86 bits per heavy atom. The summed E-state index contributed by atoms with van der Waals surface area (Å²) >= 11 is 2.98. The second-order valence-corrected chi connectivity index (χ2v) is 2.37. The van der Waals surface area contributed by atoms with Gasteiger partial charge in [0.25, 0.3) is 0 Å². The van der Waals surface area contributed by atoms with Crippen LogP contribution in [0, 0.1) is 0 Å². The van der Waals surface area contributed by atoms with Crippen molar-refractivity contribution < 1.29 is 3.83 Å². The highest BCUT2D eigenvalue weighted by Crippen LogP contribution is 2.21. The maximum atomic E-state index is 4.92. The molecule has 7 heavy (non-hydrogen) atoms. The van der Waals surface area contributed by atoms with Gasteiger partial charge in [-0.1, -0.05) is 12.8 Å². The molecule has 0 amide bonds. The molecule has 0 radical (unpaired) electrons. The van der Waals surface area contributed by atoms with Gasteiger partial charge >= 0.3 is 0 Å². The Morgan fingerprint density at radius 1 is 1.29 bits per heavy atom. The van der Waals surface area contributed by atoms with Crippen molar-refractivity contribution in [2.75, 3.05) is 0 Å². The fraction of sp³-hybridized carbons (Fsp3) is 1.00. The molecular formula is C5H9BrO. The van der Waals surface area contributed by atoms with Crippen molar-refractivity contribution in [2.45, 2.75) is 31.8 Å². The molecule has 0 aliphatic heterocycles. The molecule has 0 saturated heterocycles. The first-order chi connectivity index (χ1) is 3.43. The van der Waals surface area contributed by atoms with Crippen LogP contribution in [0.2, 0.25) is 0 Å². The third-order valence-corrected chi connectivity index (χ3v) is 1.96. The van der Waals surface area contributed by atoms with E-state index < -0.39 is 0 Å². The zero-order chi connectivity index (χ0) is 5.11. The average molecular weight is 165 g/mol. The van der Waals surface area contributed by atoms with Crippen LogP contribution in [0.5, 0.6) is 0 Å². The van der Waals surface area contributed by atoms with Gasteiger partial charge in [-0.25, -0.2) is 0 Å². The topological polar surface area (TPSA) is 9.23 Å². The minimum atomic E-state index is 0.514. The largest absolute Gasteiger partial charge is 0.305 e.